The minimum absolute atomic E-state index is 0.00579. The van der Waals surface area contributed by atoms with Crippen LogP contribution >= 0.6 is 11.8 Å². The van der Waals surface area contributed by atoms with Gasteiger partial charge in [-0.25, -0.2) is 12.8 Å². The molecule has 1 unspecified atom stereocenters. The molecule has 20 heavy (non-hydrogen) atoms. The molecule has 0 saturated carbocycles. The quantitative estimate of drug-likeness (QED) is 0.814. The van der Waals surface area contributed by atoms with E-state index >= 15 is 0 Å². The monoisotopic (exact) mass is 308 g/mol. The Hall–Kier alpha value is -1.33. The zero-order valence-electron chi connectivity index (χ0n) is 10.6. The van der Waals surface area contributed by atoms with Crippen molar-refractivity contribution in [3.05, 3.63) is 59.9 Å². The lowest BCUT2D eigenvalue weighted by atomic mass is 10.0. The molecule has 3 rings (SSSR count). The van der Waals surface area contributed by atoms with Gasteiger partial charge < -0.3 is 0 Å². The number of benzene rings is 2. The number of sulfone groups is 1. The highest BCUT2D eigenvalue weighted by atomic mass is 32.2. The van der Waals surface area contributed by atoms with E-state index in [9.17, 15) is 12.8 Å². The van der Waals surface area contributed by atoms with Gasteiger partial charge in [-0.05, 0) is 35.9 Å². The second-order valence-electron chi connectivity index (χ2n) is 4.78. The van der Waals surface area contributed by atoms with E-state index in [2.05, 4.69) is 0 Å². The number of rotatable bonds is 3. The number of halogens is 1. The fourth-order valence-corrected chi connectivity index (χ4v) is 5.34. The molecular formula is C15H13FO2S2. The van der Waals surface area contributed by atoms with Crippen LogP contribution in [0, 0.1) is 5.82 Å². The molecular weight excluding hydrogens is 295 g/mol. The van der Waals surface area contributed by atoms with Gasteiger partial charge in [0, 0.05) is 16.6 Å². The first kappa shape index (κ1) is 13.6. The average Bonchev–Trinajstić information content (AvgIpc) is 2.82. The fraction of sp³-hybridized carbons (Fsp3) is 0.200. The maximum atomic E-state index is 12.9. The highest BCUT2D eigenvalue weighted by Crippen LogP contribution is 2.40. The van der Waals surface area contributed by atoms with Crippen molar-refractivity contribution in [3.8, 4) is 0 Å². The lowest BCUT2D eigenvalue weighted by Crippen LogP contribution is -2.15. The summed E-state index contributed by atoms with van der Waals surface area (Å²) in [6.45, 7) is 0. The molecule has 0 bridgehead atoms. The van der Waals surface area contributed by atoms with Crippen LogP contribution in [0.5, 0.6) is 0 Å². The molecule has 2 aromatic carbocycles. The van der Waals surface area contributed by atoms with Gasteiger partial charge in [-0.2, -0.15) is 0 Å². The third-order valence-corrected chi connectivity index (χ3v) is 6.48. The Bertz CT molecular complexity index is 724. The summed E-state index contributed by atoms with van der Waals surface area (Å²) in [5.41, 5.74) is 1.10. The van der Waals surface area contributed by atoms with E-state index in [0.717, 1.165) is 16.2 Å². The zero-order valence-corrected chi connectivity index (χ0v) is 12.3. The standard InChI is InChI=1S/C15H13FO2S2/c16-12-5-7-13(8-6-12)20(17,18)10-11-9-19-15-4-2-1-3-14(11)15/h1-8,11H,9-10H2. The van der Waals surface area contributed by atoms with Crippen molar-refractivity contribution in [1.82, 2.24) is 0 Å². The summed E-state index contributed by atoms with van der Waals surface area (Å²) < 4.78 is 37.6. The highest BCUT2D eigenvalue weighted by molar-refractivity contribution is 7.99. The zero-order chi connectivity index (χ0) is 14.2. The Morgan fingerprint density at radius 1 is 1.10 bits per heavy atom. The fourth-order valence-electron chi connectivity index (χ4n) is 2.37. The number of thioether (sulfide) groups is 1. The van der Waals surface area contributed by atoms with E-state index in [1.165, 1.54) is 24.3 Å². The van der Waals surface area contributed by atoms with E-state index < -0.39 is 15.7 Å². The molecule has 104 valence electrons. The van der Waals surface area contributed by atoms with Crippen molar-refractivity contribution in [3.63, 3.8) is 0 Å². The second kappa shape index (κ2) is 5.22. The molecule has 0 spiro atoms. The first-order valence-corrected chi connectivity index (χ1v) is 8.90. The van der Waals surface area contributed by atoms with Crippen LogP contribution in [0.15, 0.2) is 58.3 Å². The van der Waals surface area contributed by atoms with Gasteiger partial charge in [0.15, 0.2) is 9.84 Å². The lowest BCUT2D eigenvalue weighted by Gasteiger charge is -2.11. The molecule has 5 heteroatoms. The summed E-state index contributed by atoms with van der Waals surface area (Å²) in [6.07, 6.45) is 0. The predicted molar refractivity (Wildman–Crippen MR) is 78.4 cm³/mol. The van der Waals surface area contributed by atoms with Gasteiger partial charge in [-0.15, -0.1) is 11.8 Å². The molecule has 0 radical (unpaired) electrons. The minimum Gasteiger partial charge on any atom is -0.224 e. The first-order chi connectivity index (χ1) is 9.56. The number of fused-ring (bicyclic) bond motifs is 1. The molecule has 0 fully saturated rings. The topological polar surface area (TPSA) is 34.1 Å². The Morgan fingerprint density at radius 3 is 2.55 bits per heavy atom. The summed E-state index contributed by atoms with van der Waals surface area (Å²) >= 11 is 1.69. The minimum atomic E-state index is -3.38. The van der Waals surface area contributed by atoms with E-state index in [-0.39, 0.29) is 16.6 Å². The van der Waals surface area contributed by atoms with Crippen molar-refractivity contribution in [2.75, 3.05) is 11.5 Å². The molecule has 1 aliphatic rings. The van der Waals surface area contributed by atoms with Crippen LogP contribution in [0.4, 0.5) is 4.39 Å². The van der Waals surface area contributed by atoms with Crippen LogP contribution in [0.25, 0.3) is 0 Å². The van der Waals surface area contributed by atoms with Gasteiger partial charge in [-0.3, -0.25) is 0 Å². The Balaban J connectivity index is 1.86. The summed E-state index contributed by atoms with van der Waals surface area (Å²) in [5, 5.41) is 0. The maximum Gasteiger partial charge on any atom is 0.179 e. The van der Waals surface area contributed by atoms with Crippen molar-refractivity contribution < 1.29 is 12.8 Å². The van der Waals surface area contributed by atoms with Crippen LogP contribution < -0.4 is 0 Å². The average molecular weight is 308 g/mol. The molecule has 0 amide bonds. The van der Waals surface area contributed by atoms with E-state index in [1.807, 2.05) is 24.3 Å². The molecule has 0 aliphatic carbocycles. The molecule has 2 aromatic rings. The third kappa shape index (κ3) is 2.60. The van der Waals surface area contributed by atoms with Crippen LogP contribution in [0.3, 0.4) is 0 Å². The normalized spacial score (nSPS) is 17.9. The van der Waals surface area contributed by atoms with Crippen molar-refractivity contribution in [2.24, 2.45) is 0 Å². The largest absolute Gasteiger partial charge is 0.224 e. The van der Waals surface area contributed by atoms with Gasteiger partial charge in [0.2, 0.25) is 0 Å². The van der Waals surface area contributed by atoms with Gasteiger partial charge in [0.05, 0.1) is 10.6 Å². The van der Waals surface area contributed by atoms with Crippen LogP contribution in [0.2, 0.25) is 0 Å². The van der Waals surface area contributed by atoms with Crippen molar-refractivity contribution in [2.45, 2.75) is 15.7 Å². The predicted octanol–water partition coefficient (Wildman–Crippen LogP) is 3.49. The summed E-state index contributed by atoms with van der Waals surface area (Å²) in [6, 6.07) is 12.9. The van der Waals surface area contributed by atoms with E-state index in [4.69, 9.17) is 0 Å². The summed E-state index contributed by atoms with van der Waals surface area (Å²) in [5.74, 6) is 0.430. The molecule has 2 nitrogen and oxygen atoms in total. The highest BCUT2D eigenvalue weighted by Gasteiger charge is 2.28. The Labute approximate surface area is 121 Å². The molecule has 1 heterocycles. The molecule has 0 N–H and O–H groups in total. The summed E-state index contributed by atoms with van der Waals surface area (Å²) in [7, 11) is -3.38. The Kier molecular flexibility index (Phi) is 3.56. The van der Waals surface area contributed by atoms with Crippen LogP contribution in [0.1, 0.15) is 11.5 Å². The maximum absolute atomic E-state index is 12.9. The van der Waals surface area contributed by atoms with Crippen LogP contribution in [-0.4, -0.2) is 19.9 Å². The van der Waals surface area contributed by atoms with Crippen molar-refractivity contribution in [1.29, 1.82) is 0 Å². The third-order valence-electron chi connectivity index (χ3n) is 3.39. The first-order valence-electron chi connectivity index (χ1n) is 6.26. The van der Waals surface area contributed by atoms with Gasteiger partial charge >= 0.3 is 0 Å². The molecule has 0 aromatic heterocycles. The van der Waals surface area contributed by atoms with E-state index in [0.29, 0.717) is 0 Å². The van der Waals surface area contributed by atoms with Crippen molar-refractivity contribution >= 4 is 21.6 Å². The number of hydrogen-bond donors (Lipinski definition) is 0. The molecule has 0 saturated heterocycles. The SMILES string of the molecule is O=S(=O)(CC1CSc2ccccc21)c1ccc(F)cc1. The Morgan fingerprint density at radius 2 is 1.80 bits per heavy atom. The summed E-state index contributed by atoms with van der Waals surface area (Å²) in [4.78, 5) is 1.35. The molecule has 1 aliphatic heterocycles. The number of hydrogen-bond acceptors (Lipinski definition) is 3. The van der Waals surface area contributed by atoms with Gasteiger partial charge in [-0.1, -0.05) is 18.2 Å². The smallest absolute Gasteiger partial charge is 0.179 e. The molecule has 1 atom stereocenters. The second-order valence-corrected chi connectivity index (χ2v) is 7.88. The van der Waals surface area contributed by atoms with Gasteiger partial charge in [0.1, 0.15) is 5.82 Å². The van der Waals surface area contributed by atoms with Crippen LogP contribution in [-0.2, 0) is 9.84 Å². The lowest BCUT2D eigenvalue weighted by molar-refractivity contribution is 0.590. The van der Waals surface area contributed by atoms with Gasteiger partial charge in [0.25, 0.3) is 0 Å². The van der Waals surface area contributed by atoms with E-state index in [1.54, 1.807) is 11.8 Å².